The fourth-order valence-corrected chi connectivity index (χ4v) is 1.30. The van der Waals surface area contributed by atoms with Crippen LogP contribution in [0.15, 0.2) is 24.8 Å². The molecule has 16 heavy (non-hydrogen) atoms. The number of nitrogens with one attached hydrogen (secondary N) is 1. The van der Waals surface area contributed by atoms with E-state index in [2.05, 4.69) is 11.9 Å². The molecule has 0 bridgehead atoms. The highest BCUT2D eigenvalue weighted by Gasteiger charge is 2.13. The Bertz CT molecular complexity index is 471. The number of carbonyl (C=O) groups excluding carboxylic acids is 1. The number of carboxylic acids is 1. The van der Waals surface area contributed by atoms with Crippen LogP contribution < -0.4 is 11.1 Å². The molecule has 1 aromatic carbocycles. The molecule has 5 nitrogen and oxygen atoms in total. The highest BCUT2D eigenvalue weighted by molar-refractivity contribution is 6.31. The number of nitrogens with two attached hydrogens (primary N) is 1. The number of hydrogen-bond donors (Lipinski definition) is 3. The number of carbonyl (C=O) groups is 2. The van der Waals surface area contributed by atoms with Gasteiger partial charge in [0.1, 0.15) is 0 Å². The molecule has 6 heteroatoms. The van der Waals surface area contributed by atoms with Crippen LogP contribution in [-0.4, -0.2) is 17.1 Å². The summed E-state index contributed by atoms with van der Waals surface area (Å²) in [6.07, 6.45) is 0. The summed E-state index contributed by atoms with van der Waals surface area (Å²) in [5.41, 5.74) is 5.27. The molecule has 0 fully saturated rings. The standard InChI is InChI=1S/C10H9ClN2O3/c1-5(9(14)15)7-3-2-6(11)4-8(7)13-10(12)16/h2-4H,1H2,(H,14,15)(H3,12,13,16). The Morgan fingerprint density at radius 2 is 2.06 bits per heavy atom. The Balaban J connectivity index is 3.22. The van der Waals surface area contributed by atoms with Gasteiger partial charge >= 0.3 is 12.0 Å². The lowest BCUT2D eigenvalue weighted by atomic mass is 10.1. The van der Waals surface area contributed by atoms with Crippen LogP contribution in [0, 0.1) is 0 Å². The maximum absolute atomic E-state index is 10.7. The molecular weight excluding hydrogens is 232 g/mol. The average Bonchev–Trinajstić information content (AvgIpc) is 2.15. The van der Waals surface area contributed by atoms with Crippen molar-refractivity contribution in [2.45, 2.75) is 0 Å². The molecule has 84 valence electrons. The van der Waals surface area contributed by atoms with E-state index in [-0.39, 0.29) is 16.8 Å². The van der Waals surface area contributed by atoms with Gasteiger partial charge in [-0.05, 0) is 12.1 Å². The molecule has 1 aromatic rings. The first-order chi connectivity index (χ1) is 7.41. The van der Waals surface area contributed by atoms with Crippen LogP contribution in [0.2, 0.25) is 5.02 Å². The molecule has 2 amide bonds. The average molecular weight is 241 g/mol. The summed E-state index contributed by atoms with van der Waals surface area (Å²) >= 11 is 5.72. The second kappa shape index (κ2) is 4.67. The zero-order chi connectivity index (χ0) is 12.3. The number of aliphatic carboxylic acids is 1. The summed E-state index contributed by atoms with van der Waals surface area (Å²) in [5, 5.41) is 11.4. The summed E-state index contributed by atoms with van der Waals surface area (Å²) in [6.45, 7) is 3.39. The van der Waals surface area contributed by atoms with Gasteiger partial charge in [-0.25, -0.2) is 9.59 Å². The quantitative estimate of drug-likeness (QED) is 0.705. The minimum atomic E-state index is -1.19. The van der Waals surface area contributed by atoms with E-state index in [1.54, 1.807) is 0 Å². The molecule has 0 spiro atoms. The summed E-state index contributed by atoms with van der Waals surface area (Å²) < 4.78 is 0. The van der Waals surface area contributed by atoms with Gasteiger partial charge < -0.3 is 16.2 Å². The van der Waals surface area contributed by atoms with Crippen molar-refractivity contribution in [3.63, 3.8) is 0 Å². The SMILES string of the molecule is C=C(C(=O)O)c1ccc(Cl)cc1NC(N)=O. The highest BCUT2D eigenvalue weighted by Crippen LogP contribution is 2.26. The van der Waals surface area contributed by atoms with Crippen molar-refractivity contribution >= 4 is 34.9 Å². The van der Waals surface area contributed by atoms with E-state index in [9.17, 15) is 9.59 Å². The molecule has 0 unspecified atom stereocenters. The Morgan fingerprint density at radius 1 is 1.44 bits per heavy atom. The molecule has 0 atom stereocenters. The van der Waals surface area contributed by atoms with E-state index in [0.717, 1.165) is 0 Å². The van der Waals surface area contributed by atoms with Gasteiger partial charge in [0.15, 0.2) is 0 Å². The minimum absolute atomic E-state index is 0.152. The number of urea groups is 1. The Morgan fingerprint density at radius 3 is 2.56 bits per heavy atom. The second-order valence-corrected chi connectivity index (χ2v) is 3.40. The monoisotopic (exact) mass is 240 g/mol. The number of hydrogen-bond acceptors (Lipinski definition) is 2. The van der Waals surface area contributed by atoms with Crippen molar-refractivity contribution < 1.29 is 14.7 Å². The van der Waals surface area contributed by atoms with Crippen molar-refractivity contribution in [3.8, 4) is 0 Å². The molecule has 0 aliphatic heterocycles. The fourth-order valence-electron chi connectivity index (χ4n) is 1.13. The number of anilines is 1. The fraction of sp³-hybridized carbons (Fsp3) is 0. The van der Waals surface area contributed by atoms with Gasteiger partial charge in [-0.1, -0.05) is 24.2 Å². The first-order valence-corrected chi connectivity index (χ1v) is 4.58. The van der Waals surface area contributed by atoms with Crippen molar-refractivity contribution in [1.29, 1.82) is 0 Å². The molecule has 0 aliphatic rings. The summed E-state index contributed by atoms with van der Waals surface area (Å²) in [7, 11) is 0. The van der Waals surface area contributed by atoms with Gasteiger partial charge in [0, 0.05) is 10.6 Å². The van der Waals surface area contributed by atoms with E-state index in [4.69, 9.17) is 22.4 Å². The third kappa shape index (κ3) is 2.74. The first-order valence-electron chi connectivity index (χ1n) is 4.20. The molecule has 0 saturated carbocycles. The first kappa shape index (κ1) is 12.1. The molecule has 0 aliphatic carbocycles. The lowest BCUT2D eigenvalue weighted by Gasteiger charge is -2.09. The lowest BCUT2D eigenvalue weighted by Crippen LogP contribution is -2.20. The Labute approximate surface area is 96.5 Å². The second-order valence-electron chi connectivity index (χ2n) is 2.96. The molecule has 0 saturated heterocycles. The maximum atomic E-state index is 10.7. The molecule has 0 aromatic heterocycles. The zero-order valence-corrected chi connectivity index (χ0v) is 8.91. The van der Waals surface area contributed by atoms with Gasteiger partial charge in [0.05, 0.1) is 11.3 Å². The van der Waals surface area contributed by atoms with Crippen molar-refractivity contribution in [3.05, 3.63) is 35.4 Å². The van der Waals surface area contributed by atoms with Crippen molar-refractivity contribution in [1.82, 2.24) is 0 Å². The number of halogens is 1. The van der Waals surface area contributed by atoms with Crippen molar-refractivity contribution in [2.24, 2.45) is 5.73 Å². The summed E-state index contributed by atoms with van der Waals surface area (Å²) in [4.78, 5) is 21.5. The van der Waals surface area contributed by atoms with Crippen LogP contribution in [0.25, 0.3) is 5.57 Å². The van der Waals surface area contributed by atoms with Crippen LogP contribution in [-0.2, 0) is 4.79 Å². The third-order valence-electron chi connectivity index (χ3n) is 1.82. The van der Waals surface area contributed by atoms with E-state index >= 15 is 0 Å². The van der Waals surface area contributed by atoms with Gasteiger partial charge in [-0.15, -0.1) is 0 Å². The van der Waals surface area contributed by atoms with E-state index in [0.29, 0.717) is 5.02 Å². The van der Waals surface area contributed by atoms with Crippen LogP contribution in [0.5, 0.6) is 0 Å². The van der Waals surface area contributed by atoms with Crippen molar-refractivity contribution in [2.75, 3.05) is 5.32 Å². The number of amides is 2. The molecule has 1 rings (SSSR count). The van der Waals surface area contributed by atoms with E-state index in [1.807, 2.05) is 0 Å². The number of benzene rings is 1. The Hall–Kier alpha value is -2.01. The number of carboxylic acid groups (broad SMARTS) is 1. The normalized spacial score (nSPS) is 9.56. The predicted octanol–water partition coefficient (Wildman–Crippen LogP) is 1.93. The topological polar surface area (TPSA) is 92.4 Å². The van der Waals surface area contributed by atoms with E-state index < -0.39 is 12.0 Å². The summed E-state index contributed by atoms with van der Waals surface area (Å²) in [6, 6.07) is 3.54. The van der Waals surface area contributed by atoms with Gasteiger partial charge in [0.2, 0.25) is 0 Å². The van der Waals surface area contributed by atoms with Gasteiger partial charge in [-0.2, -0.15) is 0 Å². The maximum Gasteiger partial charge on any atom is 0.335 e. The van der Waals surface area contributed by atoms with Crippen LogP contribution in [0.4, 0.5) is 10.5 Å². The third-order valence-corrected chi connectivity index (χ3v) is 2.06. The smallest absolute Gasteiger partial charge is 0.335 e. The number of primary amides is 1. The highest BCUT2D eigenvalue weighted by atomic mass is 35.5. The zero-order valence-electron chi connectivity index (χ0n) is 8.16. The summed E-state index contributed by atoms with van der Waals surface area (Å²) in [5.74, 6) is -1.19. The van der Waals surface area contributed by atoms with Crippen LogP contribution in [0.3, 0.4) is 0 Å². The molecule has 0 radical (unpaired) electrons. The van der Waals surface area contributed by atoms with Gasteiger partial charge in [0.25, 0.3) is 0 Å². The van der Waals surface area contributed by atoms with Crippen LogP contribution in [0.1, 0.15) is 5.56 Å². The molecule has 0 heterocycles. The van der Waals surface area contributed by atoms with Crippen LogP contribution >= 0.6 is 11.6 Å². The largest absolute Gasteiger partial charge is 0.478 e. The Kier molecular flexibility index (Phi) is 3.52. The lowest BCUT2D eigenvalue weighted by molar-refractivity contribution is -0.130. The van der Waals surface area contributed by atoms with E-state index in [1.165, 1.54) is 18.2 Å². The predicted molar refractivity (Wildman–Crippen MR) is 61.3 cm³/mol. The number of rotatable bonds is 3. The van der Waals surface area contributed by atoms with Gasteiger partial charge in [-0.3, -0.25) is 0 Å². The molecular formula is C10H9ClN2O3. The molecule has 4 N–H and O–H groups in total. The minimum Gasteiger partial charge on any atom is -0.478 e.